The number of amides is 8. The topological polar surface area (TPSA) is 377 Å². The quantitative estimate of drug-likeness (QED) is 0.0338. The largest absolute Gasteiger partial charge is 0.480 e. The molecule has 0 aromatic rings. The summed E-state index contributed by atoms with van der Waals surface area (Å²) in [7, 11) is 0. The Hall–Kier alpha value is -4.93. The summed E-state index contributed by atoms with van der Waals surface area (Å²) in [6.45, 7) is 16.1. The Morgan fingerprint density at radius 2 is 1.06 bits per heavy atom. The van der Waals surface area contributed by atoms with Crippen LogP contribution in [0.4, 0.5) is 0 Å². The lowest BCUT2D eigenvalue weighted by Crippen LogP contribution is -2.61. The van der Waals surface area contributed by atoms with Crippen LogP contribution in [0.2, 0.25) is 0 Å². The maximum absolute atomic E-state index is 13.8. The van der Waals surface area contributed by atoms with Gasteiger partial charge in [0.1, 0.15) is 30.2 Å². The van der Waals surface area contributed by atoms with Gasteiger partial charge in [-0.05, 0) is 42.4 Å². The zero-order valence-corrected chi connectivity index (χ0v) is 37.8. The third kappa shape index (κ3) is 20.3. The fourth-order valence-electron chi connectivity index (χ4n) is 6.10. The molecular formula is C40H74N10O12. The van der Waals surface area contributed by atoms with E-state index in [9.17, 15) is 58.5 Å². The molecule has 0 spiro atoms. The molecule has 22 heteroatoms. The lowest BCUT2D eigenvalue weighted by atomic mass is 9.95. The molecule has 356 valence electrons. The minimum atomic E-state index is -1.66. The van der Waals surface area contributed by atoms with E-state index in [1.807, 2.05) is 20.8 Å². The second-order valence-electron chi connectivity index (χ2n) is 17.2. The second-order valence-corrected chi connectivity index (χ2v) is 17.2. The maximum atomic E-state index is 13.8. The van der Waals surface area contributed by atoms with Crippen molar-refractivity contribution < 1.29 is 58.5 Å². The zero-order valence-electron chi connectivity index (χ0n) is 37.8. The van der Waals surface area contributed by atoms with Gasteiger partial charge in [-0.3, -0.25) is 38.4 Å². The highest BCUT2D eigenvalue weighted by Crippen LogP contribution is 2.14. The van der Waals surface area contributed by atoms with Gasteiger partial charge in [0.25, 0.3) is 0 Å². The summed E-state index contributed by atoms with van der Waals surface area (Å²) < 4.78 is 0. The Balaban J connectivity index is 6.28. The van der Waals surface area contributed by atoms with Crippen molar-refractivity contribution in [1.29, 1.82) is 0 Å². The van der Waals surface area contributed by atoms with Crippen molar-refractivity contribution in [3.05, 3.63) is 0 Å². The van der Waals surface area contributed by atoms with Gasteiger partial charge in [0.2, 0.25) is 47.3 Å². The van der Waals surface area contributed by atoms with Crippen LogP contribution in [0.1, 0.15) is 101 Å². The molecule has 0 heterocycles. The highest BCUT2D eigenvalue weighted by molar-refractivity contribution is 5.96. The smallest absolute Gasteiger partial charge is 0.326 e. The van der Waals surface area contributed by atoms with Crippen LogP contribution in [0.25, 0.3) is 0 Å². The Bertz CT molecular complexity index is 1530. The molecule has 62 heavy (non-hydrogen) atoms. The fourth-order valence-corrected chi connectivity index (χ4v) is 6.10. The van der Waals surface area contributed by atoms with Gasteiger partial charge in [-0.15, -0.1) is 0 Å². The average Bonchev–Trinajstić information content (AvgIpc) is 3.16. The van der Waals surface area contributed by atoms with Crippen molar-refractivity contribution in [2.24, 2.45) is 46.8 Å². The van der Waals surface area contributed by atoms with Crippen molar-refractivity contribution in [3.63, 3.8) is 0 Å². The zero-order chi connectivity index (χ0) is 48.2. The molecule has 0 aliphatic carbocycles. The standard InChI is InChI=1S/C40H74N10O12/c1-11-22(10)33(39(60)49-32(21(8)9)40(61)62)50-38(59)31(20(6)7)44-16-27(52)24(14-18(2)3)46-35(56)25(15-29(42)54)47-34(55)23(12-13-28(41)53)45-36(57)26(17-51)48-37(58)30(43)19(4)5/h18-27,30-33,44,51-52H,11-17,43H2,1-10H3,(H2,41,53)(H2,42,54)(H,45,57)(H,46,56)(H,47,55)(H,48,58)(H,49,60)(H,50,59)(H,61,62). The van der Waals surface area contributed by atoms with Crippen LogP contribution < -0.4 is 54.4 Å². The molecule has 0 bridgehead atoms. The Kier molecular flexibility index (Phi) is 25.7. The summed E-state index contributed by atoms with van der Waals surface area (Å²) in [5.41, 5.74) is 16.5. The first-order valence-corrected chi connectivity index (χ1v) is 21.1. The molecule has 0 aliphatic heterocycles. The van der Waals surface area contributed by atoms with E-state index in [1.54, 1.807) is 48.5 Å². The van der Waals surface area contributed by atoms with Gasteiger partial charge in [0.05, 0.1) is 37.3 Å². The molecule has 10 unspecified atom stereocenters. The van der Waals surface area contributed by atoms with Crippen LogP contribution in [-0.4, -0.2) is 136 Å². The predicted molar refractivity (Wildman–Crippen MR) is 228 cm³/mol. The van der Waals surface area contributed by atoms with Crippen LogP contribution in [0, 0.1) is 29.6 Å². The number of aliphatic carboxylic acids is 1. The molecular weight excluding hydrogens is 812 g/mol. The van der Waals surface area contributed by atoms with Gasteiger partial charge < -0.3 is 69.7 Å². The van der Waals surface area contributed by atoms with Gasteiger partial charge in [0, 0.05) is 13.0 Å². The van der Waals surface area contributed by atoms with E-state index in [4.69, 9.17) is 17.2 Å². The van der Waals surface area contributed by atoms with Crippen molar-refractivity contribution in [3.8, 4) is 0 Å². The molecule has 0 rings (SSSR count). The second kappa shape index (κ2) is 27.9. The number of carboxylic acids is 1. The number of hydrogen-bond donors (Lipinski definition) is 13. The first kappa shape index (κ1) is 57.1. The Morgan fingerprint density at radius 1 is 0.581 bits per heavy atom. The summed E-state index contributed by atoms with van der Waals surface area (Å²) in [6.07, 6.45) is -2.25. The lowest BCUT2D eigenvalue weighted by Gasteiger charge is -2.32. The number of aliphatic hydroxyl groups is 2. The molecule has 0 aliphatic rings. The van der Waals surface area contributed by atoms with Gasteiger partial charge >= 0.3 is 5.97 Å². The van der Waals surface area contributed by atoms with E-state index in [1.165, 1.54) is 0 Å². The average molecular weight is 887 g/mol. The number of nitrogens with one attached hydrogen (secondary N) is 7. The number of primary amides is 2. The minimum Gasteiger partial charge on any atom is -0.480 e. The molecule has 0 aromatic heterocycles. The van der Waals surface area contributed by atoms with Gasteiger partial charge in [-0.1, -0.05) is 75.7 Å². The molecule has 8 amide bonds. The third-order valence-corrected chi connectivity index (χ3v) is 10.2. The van der Waals surface area contributed by atoms with E-state index in [0.717, 1.165) is 0 Å². The number of hydrogen-bond acceptors (Lipinski definition) is 13. The van der Waals surface area contributed by atoms with Gasteiger partial charge in [0.15, 0.2) is 0 Å². The Morgan fingerprint density at radius 3 is 1.52 bits per heavy atom. The number of aliphatic hydroxyl groups excluding tert-OH is 2. The number of rotatable bonds is 30. The first-order chi connectivity index (χ1) is 28.7. The van der Waals surface area contributed by atoms with Gasteiger partial charge in [-0.25, -0.2) is 4.79 Å². The van der Waals surface area contributed by atoms with Gasteiger partial charge in [-0.2, -0.15) is 0 Å². The van der Waals surface area contributed by atoms with Crippen molar-refractivity contribution in [2.45, 2.75) is 156 Å². The third-order valence-electron chi connectivity index (χ3n) is 10.2. The van der Waals surface area contributed by atoms with Crippen LogP contribution in [0.3, 0.4) is 0 Å². The fraction of sp³-hybridized carbons (Fsp3) is 0.775. The van der Waals surface area contributed by atoms with Crippen molar-refractivity contribution >= 4 is 53.2 Å². The van der Waals surface area contributed by atoms with Crippen molar-refractivity contribution in [1.82, 2.24) is 37.2 Å². The molecule has 16 N–H and O–H groups in total. The highest BCUT2D eigenvalue weighted by atomic mass is 16.4. The highest BCUT2D eigenvalue weighted by Gasteiger charge is 2.36. The molecule has 0 saturated heterocycles. The van der Waals surface area contributed by atoms with Crippen LogP contribution in [-0.2, 0) is 43.2 Å². The summed E-state index contributed by atoms with van der Waals surface area (Å²) in [6, 6.07) is -10.1. The van der Waals surface area contributed by atoms with Crippen LogP contribution in [0.5, 0.6) is 0 Å². The van der Waals surface area contributed by atoms with E-state index >= 15 is 0 Å². The lowest BCUT2D eigenvalue weighted by molar-refractivity contribution is -0.144. The van der Waals surface area contributed by atoms with E-state index < -0.39 is 133 Å². The summed E-state index contributed by atoms with van der Waals surface area (Å²) >= 11 is 0. The summed E-state index contributed by atoms with van der Waals surface area (Å²) in [5.74, 6) is -9.76. The first-order valence-electron chi connectivity index (χ1n) is 21.1. The maximum Gasteiger partial charge on any atom is 0.326 e. The molecule has 22 nitrogen and oxygen atoms in total. The monoisotopic (exact) mass is 887 g/mol. The number of nitrogens with two attached hydrogens (primary N) is 3. The number of carboxylic acid groups (broad SMARTS) is 1. The minimum absolute atomic E-state index is 0.123. The molecule has 0 saturated carbocycles. The molecule has 0 fully saturated rings. The number of carbonyl (C=O) groups is 9. The van der Waals surface area contributed by atoms with E-state index in [0.29, 0.717) is 6.42 Å². The number of carbonyl (C=O) groups excluding carboxylic acids is 8. The SMILES string of the molecule is CCC(C)C(NC(=O)C(NCC(O)C(CC(C)C)NC(=O)C(CC(N)=O)NC(=O)C(CCC(N)=O)NC(=O)C(CO)NC(=O)C(N)C(C)C)C(C)C)C(=O)NC(C(=O)O)C(C)C. The normalized spacial score (nSPS) is 16.4. The molecule has 0 aromatic carbocycles. The molecule has 0 radical (unpaired) electrons. The Labute approximate surface area is 364 Å². The van der Waals surface area contributed by atoms with Crippen LogP contribution >= 0.6 is 0 Å². The summed E-state index contributed by atoms with van der Waals surface area (Å²) in [4.78, 5) is 115. The van der Waals surface area contributed by atoms with Crippen LogP contribution in [0.15, 0.2) is 0 Å². The van der Waals surface area contributed by atoms with E-state index in [-0.39, 0.29) is 43.1 Å². The van der Waals surface area contributed by atoms with Crippen molar-refractivity contribution in [2.75, 3.05) is 13.2 Å². The van der Waals surface area contributed by atoms with E-state index in [2.05, 4.69) is 37.2 Å². The summed E-state index contributed by atoms with van der Waals surface area (Å²) in [5, 5.41) is 48.7. The molecule has 10 atom stereocenters. The predicted octanol–water partition coefficient (Wildman–Crippen LogP) is -3.18.